The summed E-state index contributed by atoms with van der Waals surface area (Å²) in [4.78, 5) is 0. The summed E-state index contributed by atoms with van der Waals surface area (Å²) in [5, 5.41) is 2.42. The molecule has 0 unspecified atom stereocenters. The van der Waals surface area contributed by atoms with Crippen LogP contribution in [0.5, 0.6) is 11.5 Å². The van der Waals surface area contributed by atoms with Crippen LogP contribution in [0.3, 0.4) is 0 Å². The predicted molar refractivity (Wildman–Crippen MR) is 106 cm³/mol. The first-order valence-electron chi connectivity index (χ1n) is 10.0. The molecule has 1 aliphatic heterocycles. The molecule has 2 N–H and O–H groups in total. The summed E-state index contributed by atoms with van der Waals surface area (Å²) in [6.07, 6.45) is 4.70. The van der Waals surface area contributed by atoms with Crippen molar-refractivity contribution < 1.29 is 19.5 Å². The Morgan fingerprint density at radius 3 is 2.54 bits per heavy atom. The van der Waals surface area contributed by atoms with Gasteiger partial charge in [-0.1, -0.05) is 20.8 Å². The standard InChI is InChI=1S/C22H37NO3/c1-7-21(4)16-22(17(2)3,11-13-26-21)10-12-23-15-18-8-9-19(24-5)20(14-18)25-6/h8-9,14,17,23H,7,10-13,15-16H2,1-6H3/p+1/t21-,22-/m1/s1. The number of quaternary nitrogens is 1. The summed E-state index contributed by atoms with van der Waals surface area (Å²) < 4.78 is 16.8. The average molecular weight is 365 g/mol. The van der Waals surface area contributed by atoms with Crippen molar-refractivity contribution >= 4 is 0 Å². The summed E-state index contributed by atoms with van der Waals surface area (Å²) in [5.41, 5.74) is 1.72. The zero-order valence-corrected chi connectivity index (χ0v) is 17.6. The van der Waals surface area contributed by atoms with Crippen LogP contribution in [0.15, 0.2) is 18.2 Å². The van der Waals surface area contributed by atoms with Crippen molar-refractivity contribution in [1.29, 1.82) is 0 Å². The normalized spacial score (nSPS) is 26.1. The Hall–Kier alpha value is -1.26. The molecule has 148 valence electrons. The van der Waals surface area contributed by atoms with Crippen LogP contribution >= 0.6 is 0 Å². The molecule has 0 spiro atoms. The van der Waals surface area contributed by atoms with Crippen LogP contribution in [-0.2, 0) is 11.3 Å². The summed E-state index contributed by atoms with van der Waals surface area (Å²) in [6, 6.07) is 6.19. The van der Waals surface area contributed by atoms with Crippen molar-refractivity contribution in [2.45, 2.75) is 65.5 Å². The quantitative estimate of drug-likeness (QED) is 0.678. The molecule has 1 fully saturated rings. The second kappa shape index (κ2) is 9.09. The van der Waals surface area contributed by atoms with Crippen LogP contribution in [-0.4, -0.2) is 33.0 Å². The van der Waals surface area contributed by atoms with E-state index in [1.165, 1.54) is 24.8 Å². The molecule has 4 heteroatoms. The number of hydrogen-bond donors (Lipinski definition) is 1. The molecule has 26 heavy (non-hydrogen) atoms. The third kappa shape index (κ3) is 4.92. The summed E-state index contributed by atoms with van der Waals surface area (Å²) >= 11 is 0. The van der Waals surface area contributed by atoms with Crippen LogP contribution < -0.4 is 14.8 Å². The van der Waals surface area contributed by atoms with E-state index in [1.54, 1.807) is 14.2 Å². The minimum atomic E-state index is 0.0475. The number of benzene rings is 1. The van der Waals surface area contributed by atoms with E-state index in [0.29, 0.717) is 11.3 Å². The van der Waals surface area contributed by atoms with Gasteiger partial charge in [0.05, 0.1) is 26.4 Å². The molecule has 0 amide bonds. The van der Waals surface area contributed by atoms with Gasteiger partial charge >= 0.3 is 0 Å². The Kier molecular flexibility index (Phi) is 7.36. The van der Waals surface area contributed by atoms with Crippen molar-refractivity contribution in [3.8, 4) is 11.5 Å². The van der Waals surface area contributed by atoms with E-state index in [-0.39, 0.29) is 5.60 Å². The average Bonchev–Trinajstić information content (AvgIpc) is 2.65. The molecular weight excluding hydrogens is 326 g/mol. The Balaban J connectivity index is 1.92. The fourth-order valence-corrected chi connectivity index (χ4v) is 4.27. The van der Waals surface area contributed by atoms with Gasteiger partial charge in [-0.25, -0.2) is 0 Å². The summed E-state index contributed by atoms with van der Waals surface area (Å²) in [5.74, 6) is 2.28. The van der Waals surface area contributed by atoms with E-state index in [9.17, 15) is 0 Å². The van der Waals surface area contributed by atoms with Crippen LogP contribution in [0, 0.1) is 11.3 Å². The molecule has 1 saturated heterocycles. The lowest BCUT2D eigenvalue weighted by atomic mass is 9.64. The molecule has 2 rings (SSSR count). The lowest BCUT2D eigenvalue weighted by molar-refractivity contribution is -0.672. The number of nitrogens with two attached hydrogens (primary N) is 1. The topological polar surface area (TPSA) is 44.3 Å². The molecule has 0 saturated carbocycles. The molecule has 2 atom stereocenters. The van der Waals surface area contributed by atoms with Gasteiger partial charge in [-0.05, 0) is 55.7 Å². The maximum Gasteiger partial charge on any atom is 0.161 e. The first-order chi connectivity index (χ1) is 12.4. The second-order valence-corrected chi connectivity index (χ2v) is 8.32. The second-order valence-electron chi connectivity index (χ2n) is 8.32. The van der Waals surface area contributed by atoms with Gasteiger partial charge in [0.15, 0.2) is 11.5 Å². The van der Waals surface area contributed by atoms with E-state index in [2.05, 4.69) is 45.1 Å². The molecule has 0 radical (unpaired) electrons. The molecule has 0 aliphatic carbocycles. The zero-order valence-electron chi connectivity index (χ0n) is 17.6. The minimum Gasteiger partial charge on any atom is -0.493 e. The van der Waals surface area contributed by atoms with Crippen molar-refractivity contribution in [2.75, 3.05) is 27.4 Å². The highest BCUT2D eigenvalue weighted by Crippen LogP contribution is 2.47. The van der Waals surface area contributed by atoms with E-state index >= 15 is 0 Å². The van der Waals surface area contributed by atoms with Crippen LogP contribution in [0.25, 0.3) is 0 Å². The van der Waals surface area contributed by atoms with Crippen molar-refractivity contribution in [3.05, 3.63) is 23.8 Å². The van der Waals surface area contributed by atoms with Crippen LogP contribution in [0.4, 0.5) is 0 Å². The van der Waals surface area contributed by atoms with Crippen molar-refractivity contribution in [2.24, 2.45) is 11.3 Å². The maximum absolute atomic E-state index is 6.11. The largest absolute Gasteiger partial charge is 0.493 e. The minimum absolute atomic E-state index is 0.0475. The van der Waals surface area contributed by atoms with E-state index in [1.807, 2.05) is 6.07 Å². The highest BCUT2D eigenvalue weighted by Gasteiger charge is 2.44. The van der Waals surface area contributed by atoms with Crippen LogP contribution in [0.2, 0.25) is 0 Å². The monoisotopic (exact) mass is 364 g/mol. The van der Waals surface area contributed by atoms with Gasteiger partial charge in [-0.15, -0.1) is 0 Å². The van der Waals surface area contributed by atoms with Gasteiger partial charge < -0.3 is 19.5 Å². The number of rotatable bonds is 9. The number of ether oxygens (including phenoxy) is 3. The first-order valence-corrected chi connectivity index (χ1v) is 10.0. The molecule has 1 heterocycles. The first kappa shape index (κ1) is 21.0. The molecule has 1 aromatic carbocycles. The Morgan fingerprint density at radius 2 is 1.92 bits per heavy atom. The molecule has 1 aliphatic rings. The van der Waals surface area contributed by atoms with E-state index in [0.717, 1.165) is 37.6 Å². The van der Waals surface area contributed by atoms with Gasteiger partial charge in [0.1, 0.15) is 6.54 Å². The maximum atomic E-state index is 6.11. The predicted octanol–water partition coefficient (Wildman–Crippen LogP) is 3.78. The Bertz CT molecular complexity index is 575. The fraction of sp³-hybridized carbons (Fsp3) is 0.727. The fourth-order valence-electron chi connectivity index (χ4n) is 4.27. The van der Waals surface area contributed by atoms with E-state index in [4.69, 9.17) is 14.2 Å². The number of hydrogen-bond acceptors (Lipinski definition) is 3. The Morgan fingerprint density at radius 1 is 1.19 bits per heavy atom. The molecule has 1 aromatic rings. The highest BCUT2D eigenvalue weighted by atomic mass is 16.5. The van der Waals surface area contributed by atoms with Gasteiger partial charge in [-0.3, -0.25) is 0 Å². The van der Waals surface area contributed by atoms with E-state index < -0.39 is 0 Å². The zero-order chi connectivity index (χ0) is 19.2. The lowest BCUT2D eigenvalue weighted by Gasteiger charge is -2.48. The molecule has 0 aromatic heterocycles. The molecule has 0 bridgehead atoms. The smallest absolute Gasteiger partial charge is 0.161 e. The third-order valence-corrected chi connectivity index (χ3v) is 6.42. The Labute approximate surface area is 159 Å². The van der Waals surface area contributed by atoms with Gasteiger partial charge in [0.25, 0.3) is 0 Å². The van der Waals surface area contributed by atoms with Gasteiger partial charge in [-0.2, -0.15) is 0 Å². The summed E-state index contributed by atoms with van der Waals surface area (Å²) in [7, 11) is 3.36. The van der Waals surface area contributed by atoms with Crippen molar-refractivity contribution in [3.63, 3.8) is 0 Å². The van der Waals surface area contributed by atoms with Crippen molar-refractivity contribution in [1.82, 2.24) is 0 Å². The highest BCUT2D eigenvalue weighted by molar-refractivity contribution is 5.42. The van der Waals surface area contributed by atoms with Gasteiger partial charge in [0, 0.05) is 18.6 Å². The third-order valence-electron chi connectivity index (χ3n) is 6.42. The lowest BCUT2D eigenvalue weighted by Crippen LogP contribution is -2.83. The van der Waals surface area contributed by atoms with Crippen LogP contribution in [0.1, 0.15) is 58.9 Å². The SMILES string of the molecule is CC[C@]1(C)C[C@](CC[NH2+]Cc2ccc(OC)c(OC)c2)(C(C)C)CCO1. The molecular formula is C22H38NO3+. The summed E-state index contributed by atoms with van der Waals surface area (Å²) in [6.45, 7) is 12.3. The molecule has 4 nitrogen and oxygen atoms in total. The number of methoxy groups -OCH3 is 2. The van der Waals surface area contributed by atoms with Gasteiger partial charge in [0.2, 0.25) is 0 Å².